The van der Waals surface area contributed by atoms with Crippen molar-refractivity contribution in [2.75, 3.05) is 39.5 Å². The molecule has 0 saturated carbocycles. The fraction of sp³-hybridized carbons (Fsp3) is 0.286. The van der Waals surface area contributed by atoms with Crippen LogP contribution in [0.5, 0.6) is 5.75 Å². The number of hydrogen-bond acceptors (Lipinski definition) is 6. The van der Waals surface area contributed by atoms with Gasteiger partial charge in [0.15, 0.2) is 0 Å². The molecule has 4 rings (SSSR count). The molecule has 3 heterocycles. The van der Waals surface area contributed by atoms with Gasteiger partial charge in [-0.1, -0.05) is 12.1 Å². The summed E-state index contributed by atoms with van der Waals surface area (Å²) in [5, 5.41) is 0.855. The molecule has 1 aromatic carbocycles. The number of hydrogen-bond donors (Lipinski definition) is 1. The first-order chi connectivity index (χ1) is 13.7. The molecular weight excluding hydrogens is 356 g/mol. The standard InChI is InChI=1S/C21H22N4O3/c22-21(26)19-6-3-16-13-23-14-18(20(16)24-19)15-1-4-17(5-2-15)28-12-9-25-7-10-27-11-8-25/h1-6,13-14H,7-12H2,(H2,22,26). The molecule has 1 amide bonds. The van der Waals surface area contributed by atoms with E-state index in [0.717, 1.165) is 55.1 Å². The number of benzene rings is 1. The van der Waals surface area contributed by atoms with Gasteiger partial charge in [-0.05, 0) is 29.8 Å². The number of morpholine rings is 1. The normalized spacial score (nSPS) is 14.9. The van der Waals surface area contributed by atoms with Gasteiger partial charge in [-0.3, -0.25) is 14.7 Å². The van der Waals surface area contributed by atoms with Crippen LogP contribution in [0.3, 0.4) is 0 Å². The second-order valence-corrected chi connectivity index (χ2v) is 6.65. The molecule has 7 heteroatoms. The highest BCUT2D eigenvalue weighted by molar-refractivity contribution is 5.97. The summed E-state index contributed by atoms with van der Waals surface area (Å²) in [6.07, 6.45) is 3.47. The van der Waals surface area contributed by atoms with E-state index in [2.05, 4.69) is 14.9 Å². The van der Waals surface area contributed by atoms with Crippen LogP contribution in [0, 0.1) is 0 Å². The lowest BCUT2D eigenvalue weighted by atomic mass is 10.0. The highest BCUT2D eigenvalue weighted by Gasteiger charge is 2.11. The van der Waals surface area contributed by atoms with Crippen LogP contribution in [-0.2, 0) is 4.74 Å². The molecule has 144 valence electrons. The Bertz CT molecular complexity index is 969. The number of carbonyl (C=O) groups excluding carboxylic acids is 1. The first kappa shape index (κ1) is 18.3. The molecule has 28 heavy (non-hydrogen) atoms. The van der Waals surface area contributed by atoms with E-state index in [1.165, 1.54) is 0 Å². The van der Waals surface area contributed by atoms with Gasteiger partial charge in [0, 0.05) is 43.0 Å². The zero-order valence-corrected chi connectivity index (χ0v) is 15.5. The predicted molar refractivity (Wildman–Crippen MR) is 106 cm³/mol. The number of amides is 1. The van der Waals surface area contributed by atoms with Crippen LogP contribution < -0.4 is 10.5 Å². The summed E-state index contributed by atoms with van der Waals surface area (Å²) in [5.74, 6) is 0.268. The van der Waals surface area contributed by atoms with Crippen LogP contribution in [0.4, 0.5) is 0 Å². The minimum absolute atomic E-state index is 0.239. The molecule has 0 aliphatic carbocycles. The molecule has 1 fully saturated rings. The first-order valence-electron chi connectivity index (χ1n) is 9.28. The number of primary amides is 1. The number of fused-ring (bicyclic) bond motifs is 1. The molecule has 0 atom stereocenters. The molecular formula is C21H22N4O3. The lowest BCUT2D eigenvalue weighted by Crippen LogP contribution is -2.38. The minimum Gasteiger partial charge on any atom is -0.492 e. The maximum atomic E-state index is 11.5. The largest absolute Gasteiger partial charge is 0.492 e. The Hall–Kier alpha value is -3.03. The second-order valence-electron chi connectivity index (χ2n) is 6.65. The monoisotopic (exact) mass is 378 g/mol. The molecule has 1 saturated heterocycles. The number of nitrogens with two attached hydrogens (primary N) is 1. The van der Waals surface area contributed by atoms with Gasteiger partial charge in [-0.2, -0.15) is 0 Å². The second kappa shape index (κ2) is 8.33. The zero-order chi connectivity index (χ0) is 19.3. The molecule has 1 aliphatic rings. The Labute approximate surface area is 163 Å². The SMILES string of the molecule is NC(=O)c1ccc2cncc(-c3ccc(OCCN4CCOCC4)cc3)c2n1. The molecule has 7 nitrogen and oxygen atoms in total. The molecule has 0 spiro atoms. The molecule has 1 aliphatic heterocycles. The van der Waals surface area contributed by atoms with Crippen molar-refractivity contribution < 1.29 is 14.3 Å². The van der Waals surface area contributed by atoms with Gasteiger partial charge >= 0.3 is 0 Å². The fourth-order valence-corrected chi connectivity index (χ4v) is 3.24. The van der Waals surface area contributed by atoms with Crippen molar-refractivity contribution in [1.82, 2.24) is 14.9 Å². The predicted octanol–water partition coefficient (Wildman–Crippen LogP) is 2.11. The minimum atomic E-state index is -0.548. The van der Waals surface area contributed by atoms with Crippen LogP contribution in [-0.4, -0.2) is 60.2 Å². The average molecular weight is 378 g/mol. The topological polar surface area (TPSA) is 90.6 Å². The van der Waals surface area contributed by atoms with E-state index in [1.807, 2.05) is 30.3 Å². The third kappa shape index (κ3) is 4.11. The Morgan fingerprint density at radius 3 is 2.64 bits per heavy atom. The summed E-state index contributed by atoms with van der Waals surface area (Å²) in [4.78, 5) is 22.5. The van der Waals surface area contributed by atoms with Gasteiger partial charge in [0.1, 0.15) is 18.1 Å². The van der Waals surface area contributed by atoms with Gasteiger partial charge in [-0.15, -0.1) is 0 Å². The van der Waals surface area contributed by atoms with Crippen LogP contribution >= 0.6 is 0 Å². The van der Waals surface area contributed by atoms with Gasteiger partial charge in [-0.25, -0.2) is 4.98 Å². The van der Waals surface area contributed by atoms with Gasteiger partial charge in [0.05, 0.1) is 18.7 Å². The Morgan fingerprint density at radius 2 is 1.89 bits per heavy atom. The van der Waals surface area contributed by atoms with E-state index in [-0.39, 0.29) is 5.69 Å². The van der Waals surface area contributed by atoms with Gasteiger partial charge in [0.2, 0.25) is 0 Å². The fourth-order valence-electron chi connectivity index (χ4n) is 3.24. The van der Waals surface area contributed by atoms with Crippen LogP contribution in [0.25, 0.3) is 22.0 Å². The summed E-state index contributed by atoms with van der Waals surface area (Å²) < 4.78 is 11.2. The van der Waals surface area contributed by atoms with E-state index in [0.29, 0.717) is 12.1 Å². The summed E-state index contributed by atoms with van der Waals surface area (Å²) >= 11 is 0. The van der Waals surface area contributed by atoms with Crippen molar-refractivity contribution in [1.29, 1.82) is 0 Å². The molecule has 3 aromatic rings. The van der Waals surface area contributed by atoms with Crippen molar-refractivity contribution in [2.45, 2.75) is 0 Å². The average Bonchev–Trinajstić information content (AvgIpc) is 2.74. The van der Waals surface area contributed by atoms with Crippen molar-refractivity contribution >= 4 is 16.8 Å². The van der Waals surface area contributed by atoms with E-state index in [9.17, 15) is 4.79 Å². The lowest BCUT2D eigenvalue weighted by Gasteiger charge is -2.26. The molecule has 0 radical (unpaired) electrons. The number of pyridine rings is 2. The smallest absolute Gasteiger partial charge is 0.267 e. The molecule has 2 N–H and O–H groups in total. The van der Waals surface area contributed by atoms with E-state index >= 15 is 0 Å². The summed E-state index contributed by atoms with van der Waals surface area (Å²) in [6.45, 7) is 5.02. The number of nitrogens with zero attached hydrogens (tertiary/aromatic N) is 3. The first-order valence-corrected chi connectivity index (χ1v) is 9.28. The maximum Gasteiger partial charge on any atom is 0.267 e. The summed E-state index contributed by atoms with van der Waals surface area (Å²) in [7, 11) is 0. The van der Waals surface area contributed by atoms with Crippen molar-refractivity contribution in [3.63, 3.8) is 0 Å². The lowest BCUT2D eigenvalue weighted by molar-refractivity contribution is 0.0322. The number of carbonyl (C=O) groups is 1. The Morgan fingerprint density at radius 1 is 1.11 bits per heavy atom. The summed E-state index contributed by atoms with van der Waals surface area (Å²) in [5.41, 5.74) is 8.11. The Balaban J connectivity index is 1.49. The van der Waals surface area contributed by atoms with Crippen molar-refractivity contribution in [3.8, 4) is 16.9 Å². The zero-order valence-electron chi connectivity index (χ0n) is 15.5. The quantitative estimate of drug-likeness (QED) is 0.706. The van der Waals surface area contributed by atoms with E-state index in [4.69, 9.17) is 15.2 Å². The highest BCUT2D eigenvalue weighted by atomic mass is 16.5. The third-order valence-electron chi connectivity index (χ3n) is 4.80. The van der Waals surface area contributed by atoms with Crippen LogP contribution in [0.1, 0.15) is 10.5 Å². The molecule has 2 aromatic heterocycles. The van der Waals surface area contributed by atoms with E-state index in [1.54, 1.807) is 18.5 Å². The van der Waals surface area contributed by atoms with Gasteiger partial charge < -0.3 is 15.2 Å². The highest BCUT2D eigenvalue weighted by Crippen LogP contribution is 2.28. The Kier molecular flexibility index (Phi) is 5.45. The number of aromatic nitrogens is 2. The number of ether oxygens (including phenoxy) is 2. The van der Waals surface area contributed by atoms with Crippen LogP contribution in [0.15, 0.2) is 48.8 Å². The van der Waals surface area contributed by atoms with E-state index < -0.39 is 5.91 Å². The van der Waals surface area contributed by atoms with Crippen molar-refractivity contribution in [2.24, 2.45) is 5.73 Å². The third-order valence-corrected chi connectivity index (χ3v) is 4.80. The number of rotatable bonds is 6. The van der Waals surface area contributed by atoms with Crippen LogP contribution in [0.2, 0.25) is 0 Å². The molecule has 0 unspecified atom stereocenters. The van der Waals surface area contributed by atoms with Gasteiger partial charge in [0.25, 0.3) is 5.91 Å². The maximum absolute atomic E-state index is 11.5. The van der Waals surface area contributed by atoms with Crippen molar-refractivity contribution in [3.05, 3.63) is 54.5 Å². The molecule has 0 bridgehead atoms. The summed E-state index contributed by atoms with van der Waals surface area (Å²) in [6, 6.07) is 11.2.